The summed E-state index contributed by atoms with van der Waals surface area (Å²) in [4.78, 5) is 44.8. The maximum atomic E-state index is 13.2. The molecule has 0 saturated carbocycles. The van der Waals surface area contributed by atoms with Gasteiger partial charge in [-0.2, -0.15) is 0 Å². The van der Waals surface area contributed by atoms with E-state index in [1.54, 1.807) is 6.20 Å². The lowest BCUT2D eigenvalue weighted by Crippen LogP contribution is -2.48. The number of hydrogen-bond acceptors (Lipinski definition) is 4. The summed E-state index contributed by atoms with van der Waals surface area (Å²) < 4.78 is 2.05. The number of hydrogen-bond donors (Lipinski definition) is 1. The minimum Gasteiger partial charge on any atom is -0.331 e. The van der Waals surface area contributed by atoms with E-state index in [2.05, 4.69) is 10.3 Å². The van der Waals surface area contributed by atoms with Crippen LogP contribution in [0.2, 0.25) is 0 Å². The van der Waals surface area contributed by atoms with Gasteiger partial charge in [-0.25, -0.2) is 4.98 Å². The van der Waals surface area contributed by atoms with E-state index in [-0.39, 0.29) is 35.5 Å². The van der Waals surface area contributed by atoms with Gasteiger partial charge in [-0.1, -0.05) is 38.1 Å². The number of benzene rings is 1. The highest BCUT2D eigenvalue weighted by molar-refractivity contribution is 6.10. The number of imide groups is 1. The molecule has 7 heteroatoms. The summed E-state index contributed by atoms with van der Waals surface area (Å²) in [6, 6.07) is 6.82. The highest BCUT2D eigenvalue weighted by Crippen LogP contribution is 2.37. The molecule has 0 radical (unpaired) electrons. The van der Waals surface area contributed by atoms with Crippen LogP contribution in [0, 0.1) is 24.7 Å². The zero-order chi connectivity index (χ0) is 22.8. The Bertz CT molecular complexity index is 1010. The number of nitrogens with one attached hydrogen (secondary N) is 1. The van der Waals surface area contributed by atoms with E-state index in [4.69, 9.17) is 0 Å². The topological polar surface area (TPSA) is 84.3 Å². The third-order valence-corrected chi connectivity index (χ3v) is 6.35. The number of aromatic nitrogens is 2. The molecule has 1 saturated heterocycles. The summed E-state index contributed by atoms with van der Waals surface area (Å²) in [6.07, 6.45) is 9.19. The molecule has 0 spiro atoms. The molecule has 32 heavy (non-hydrogen) atoms. The molecule has 1 N–H and O–H groups in total. The normalized spacial score (nSPS) is 21.2. The van der Waals surface area contributed by atoms with Crippen molar-refractivity contribution in [3.05, 3.63) is 60.2 Å². The molecule has 3 amide bonds. The Balaban J connectivity index is 1.48. The highest BCUT2D eigenvalue weighted by atomic mass is 16.2. The van der Waals surface area contributed by atoms with Crippen molar-refractivity contribution in [3.8, 4) is 0 Å². The third kappa shape index (κ3) is 4.38. The van der Waals surface area contributed by atoms with Gasteiger partial charge in [0.25, 0.3) is 0 Å². The Hall–Kier alpha value is -3.22. The van der Waals surface area contributed by atoms with Gasteiger partial charge in [0.1, 0.15) is 11.9 Å². The maximum absolute atomic E-state index is 13.2. The number of imidazole rings is 1. The van der Waals surface area contributed by atoms with E-state index < -0.39 is 6.04 Å². The maximum Gasteiger partial charge on any atom is 0.247 e. The minimum absolute atomic E-state index is 0.160. The van der Waals surface area contributed by atoms with E-state index in [0.29, 0.717) is 31.5 Å². The van der Waals surface area contributed by atoms with Crippen LogP contribution < -0.4 is 5.32 Å². The van der Waals surface area contributed by atoms with Gasteiger partial charge < -0.3 is 9.88 Å². The lowest BCUT2D eigenvalue weighted by atomic mass is 9.85. The number of fused-ring (bicyclic) bond motifs is 1. The van der Waals surface area contributed by atoms with E-state index in [1.807, 2.05) is 68.0 Å². The van der Waals surface area contributed by atoms with Crippen molar-refractivity contribution < 1.29 is 14.4 Å². The van der Waals surface area contributed by atoms with Crippen molar-refractivity contribution >= 4 is 23.4 Å². The summed E-state index contributed by atoms with van der Waals surface area (Å²) in [5.74, 6) is -0.304. The molecule has 168 valence electrons. The Labute approximate surface area is 188 Å². The Morgan fingerprint density at radius 3 is 2.25 bits per heavy atom. The van der Waals surface area contributed by atoms with Crippen LogP contribution in [0.1, 0.15) is 44.5 Å². The van der Waals surface area contributed by atoms with E-state index >= 15 is 0 Å². The number of likely N-dealkylation sites (tertiary alicyclic amines) is 1. The number of carbonyl (C=O) groups is 3. The minimum atomic E-state index is -0.797. The average Bonchev–Trinajstić information content (AvgIpc) is 3.28. The fraction of sp³-hybridized carbons (Fsp3) is 0.440. The van der Waals surface area contributed by atoms with Crippen molar-refractivity contribution in [2.45, 2.75) is 52.6 Å². The van der Waals surface area contributed by atoms with Gasteiger partial charge in [0.2, 0.25) is 17.7 Å². The van der Waals surface area contributed by atoms with Gasteiger partial charge in [-0.15, -0.1) is 0 Å². The summed E-state index contributed by atoms with van der Waals surface area (Å²) in [6.45, 7) is 6.64. The zero-order valence-corrected chi connectivity index (χ0v) is 18.8. The van der Waals surface area contributed by atoms with Crippen LogP contribution in [0.4, 0.5) is 5.69 Å². The Morgan fingerprint density at radius 2 is 1.72 bits per heavy atom. The van der Waals surface area contributed by atoms with Gasteiger partial charge >= 0.3 is 0 Å². The van der Waals surface area contributed by atoms with Crippen LogP contribution in [-0.4, -0.2) is 38.2 Å². The molecule has 3 atom stereocenters. The number of allylic oxidation sites excluding steroid dienone is 2. The molecule has 2 heterocycles. The van der Waals surface area contributed by atoms with E-state index in [1.165, 1.54) is 4.90 Å². The SMILES string of the molecule is Cc1nccn1Cc1ccc(NC(=O)C(CC(C)C)N2C(=O)C3CC=CCC3C2=O)cc1. The van der Waals surface area contributed by atoms with Crippen LogP contribution in [-0.2, 0) is 20.9 Å². The van der Waals surface area contributed by atoms with Gasteiger partial charge in [-0.3, -0.25) is 19.3 Å². The van der Waals surface area contributed by atoms with Crippen molar-refractivity contribution in [1.29, 1.82) is 0 Å². The molecule has 1 aliphatic heterocycles. The monoisotopic (exact) mass is 434 g/mol. The second kappa shape index (κ2) is 9.10. The lowest BCUT2D eigenvalue weighted by Gasteiger charge is -2.27. The fourth-order valence-corrected chi connectivity index (χ4v) is 4.60. The van der Waals surface area contributed by atoms with Crippen molar-refractivity contribution in [1.82, 2.24) is 14.5 Å². The average molecular weight is 435 g/mol. The number of rotatable bonds is 7. The Kier molecular flexibility index (Phi) is 6.26. The summed E-state index contributed by atoms with van der Waals surface area (Å²) in [7, 11) is 0. The van der Waals surface area contributed by atoms with Crippen molar-refractivity contribution in [3.63, 3.8) is 0 Å². The van der Waals surface area contributed by atoms with Gasteiger partial charge in [0.15, 0.2) is 0 Å². The smallest absolute Gasteiger partial charge is 0.247 e. The van der Waals surface area contributed by atoms with Gasteiger partial charge in [0, 0.05) is 24.6 Å². The number of aryl methyl sites for hydroxylation is 1. The molecule has 2 aliphatic rings. The van der Waals surface area contributed by atoms with Crippen LogP contribution in [0.15, 0.2) is 48.8 Å². The predicted octanol–water partition coefficient (Wildman–Crippen LogP) is 3.54. The summed E-state index contributed by atoms with van der Waals surface area (Å²) >= 11 is 0. The number of nitrogens with zero attached hydrogens (tertiary/aromatic N) is 3. The van der Waals surface area contributed by atoms with Crippen LogP contribution >= 0.6 is 0 Å². The number of anilines is 1. The van der Waals surface area contributed by atoms with Crippen LogP contribution in [0.25, 0.3) is 0 Å². The molecule has 0 bridgehead atoms. The number of carbonyl (C=O) groups excluding carboxylic acids is 3. The first kappa shape index (κ1) is 22.0. The summed E-state index contributed by atoms with van der Waals surface area (Å²) in [5, 5.41) is 2.92. The van der Waals surface area contributed by atoms with Crippen LogP contribution in [0.5, 0.6) is 0 Å². The fourth-order valence-electron chi connectivity index (χ4n) is 4.60. The molecule has 1 aromatic heterocycles. The predicted molar refractivity (Wildman–Crippen MR) is 122 cm³/mol. The second-order valence-electron chi connectivity index (χ2n) is 9.14. The molecule has 1 aliphatic carbocycles. The summed E-state index contributed by atoms with van der Waals surface area (Å²) in [5.41, 5.74) is 1.73. The number of amides is 3. The van der Waals surface area contributed by atoms with Gasteiger partial charge in [0.05, 0.1) is 11.8 Å². The molecule has 4 rings (SSSR count). The second-order valence-corrected chi connectivity index (χ2v) is 9.14. The zero-order valence-electron chi connectivity index (χ0n) is 18.8. The van der Waals surface area contributed by atoms with Crippen molar-refractivity contribution in [2.24, 2.45) is 17.8 Å². The first-order valence-corrected chi connectivity index (χ1v) is 11.2. The van der Waals surface area contributed by atoms with Crippen LogP contribution in [0.3, 0.4) is 0 Å². The standard InChI is InChI=1S/C25H30N4O3/c1-16(2)14-22(29-24(31)20-6-4-5-7-21(20)25(29)32)23(30)27-19-10-8-18(9-11-19)15-28-13-12-26-17(28)3/h4-5,8-13,16,20-22H,6-7,14-15H2,1-3H3,(H,27,30). The third-order valence-electron chi connectivity index (χ3n) is 6.35. The van der Waals surface area contributed by atoms with Gasteiger partial charge in [-0.05, 0) is 49.8 Å². The largest absolute Gasteiger partial charge is 0.331 e. The van der Waals surface area contributed by atoms with E-state index in [0.717, 1.165) is 11.4 Å². The quantitative estimate of drug-likeness (QED) is 0.534. The molecule has 1 aromatic carbocycles. The molecular weight excluding hydrogens is 404 g/mol. The molecule has 3 unspecified atom stereocenters. The molecule has 2 aromatic rings. The highest BCUT2D eigenvalue weighted by Gasteiger charge is 2.51. The van der Waals surface area contributed by atoms with E-state index in [9.17, 15) is 14.4 Å². The van der Waals surface area contributed by atoms with Crippen molar-refractivity contribution in [2.75, 3.05) is 5.32 Å². The first-order valence-electron chi connectivity index (χ1n) is 11.2. The first-order chi connectivity index (χ1) is 15.3. The Morgan fingerprint density at radius 1 is 1.09 bits per heavy atom. The lowest BCUT2D eigenvalue weighted by molar-refractivity contribution is -0.147. The molecule has 7 nitrogen and oxygen atoms in total. The molecule has 1 fully saturated rings. The molecular formula is C25H30N4O3.